The second kappa shape index (κ2) is 7.69. The second-order valence-corrected chi connectivity index (χ2v) is 4.56. The minimum Gasteiger partial charge on any atom is -0.334 e. The number of nitrogens with two attached hydrogens (primary N) is 1. The Morgan fingerprint density at radius 3 is 2.85 bits per heavy atom. The molecule has 0 spiro atoms. The summed E-state index contributed by atoms with van der Waals surface area (Å²) in [6.07, 6.45) is 7.42. The van der Waals surface area contributed by atoms with Crippen LogP contribution in [0.4, 0.5) is 0 Å². The lowest BCUT2D eigenvalue weighted by Gasteiger charge is -2.11. The number of hydrogen-bond acceptors (Lipinski definition) is 4. The normalized spacial score (nSPS) is 11.6. The number of nitrogens with zero attached hydrogens (tertiary/aromatic N) is 2. The molecule has 2 aromatic rings. The SMILES string of the molecule is NCCONC(=CCn1ccnc1)c1ccc(Cl)cc1. The molecule has 0 bridgehead atoms. The van der Waals surface area contributed by atoms with E-state index in [1.54, 1.807) is 12.5 Å². The van der Waals surface area contributed by atoms with E-state index < -0.39 is 0 Å². The molecule has 0 saturated carbocycles. The summed E-state index contributed by atoms with van der Waals surface area (Å²) in [7, 11) is 0. The van der Waals surface area contributed by atoms with E-state index in [1.807, 2.05) is 41.1 Å². The summed E-state index contributed by atoms with van der Waals surface area (Å²) in [5.74, 6) is 0. The van der Waals surface area contributed by atoms with E-state index in [0.29, 0.717) is 24.7 Å². The molecule has 0 aliphatic rings. The average Bonchev–Trinajstić information content (AvgIpc) is 2.97. The van der Waals surface area contributed by atoms with Crippen LogP contribution in [0.1, 0.15) is 5.56 Å². The van der Waals surface area contributed by atoms with Crippen molar-refractivity contribution in [3.05, 3.63) is 59.6 Å². The van der Waals surface area contributed by atoms with Crippen LogP contribution in [0.25, 0.3) is 5.70 Å². The predicted octanol–water partition coefficient (Wildman–Crippen LogP) is 2.06. The molecule has 106 valence electrons. The van der Waals surface area contributed by atoms with Crippen LogP contribution in [0.3, 0.4) is 0 Å². The first kappa shape index (κ1) is 14.6. The summed E-state index contributed by atoms with van der Waals surface area (Å²) >= 11 is 5.90. The van der Waals surface area contributed by atoms with Crippen molar-refractivity contribution in [1.29, 1.82) is 0 Å². The van der Waals surface area contributed by atoms with Gasteiger partial charge in [0, 0.05) is 30.5 Å². The maximum Gasteiger partial charge on any atom is 0.0948 e. The third kappa shape index (κ3) is 4.38. The lowest BCUT2D eigenvalue weighted by molar-refractivity contribution is 0.0847. The molecule has 1 aromatic heterocycles. The molecule has 5 nitrogen and oxygen atoms in total. The van der Waals surface area contributed by atoms with E-state index in [0.717, 1.165) is 11.3 Å². The van der Waals surface area contributed by atoms with Crippen molar-refractivity contribution in [2.75, 3.05) is 13.2 Å². The summed E-state index contributed by atoms with van der Waals surface area (Å²) in [4.78, 5) is 9.31. The van der Waals surface area contributed by atoms with Gasteiger partial charge in [0.2, 0.25) is 0 Å². The lowest BCUT2D eigenvalue weighted by atomic mass is 10.1. The largest absolute Gasteiger partial charge is 0.334 e. The minimum absolute atomic E-state index is 0.440. The highest BCUT2D eigenvalue weighted by Gasteiger charge is 2.01. The van der Waals surface area contributed by atoms with Gasteiger partial charge < -0.3 is 10.3 Å². The van der Waals surface area contributed by atoms with Gasteiger partial charge in [0.25, 0.3) is 0 Å². The molecule has 3 N–H and O–H groups in total. The Kier molecular flexibility index (Phi) is 5.61. The molecule has 1 heterocycles. The van der Waals surface area contributed by atoms with Gasteiger partial charge in [-0.25, -0.2) is 4.98 Å². The van der Waals surface area contributed by atoms with Crippen molar-refractivity contribution < 1.29 is 4.84 Å². The van der Waals surface area contributed by atoms with Gasteiger partial charge in [0.1, 0.15) is 0 Å². The maximum atomic E-state index is 5.90. The molecular weight excluding hydrogens is 276 g/mol. The Morgan fingerprint density at radius 2 is 2.20 bits per heavy atom. The number of nitrogens with one attached hydrogen (secondary N) is 1. The van der Waals surface area contributed by atoms with Gasteiger partial charge in [-0.05, 0) is 23.8 Å². The van der Waals surface area contributed by atoms with Crippen molar-refractivity contribution in [2.45, 2.75) is 6.54 Å². The molecule has 0 aliphatic carbocycles. The zero-order valence-corrected chi connectivity index (χ0v) is 11.8. The molecule has 0 amide bonds. The Bertz CT molecular complexity index is 537. The quantitative estimate of drug-likeness (QED) is 0.605. The molecule has 6 heteroatoms. The Hall–Kier alpha value is -1.82. The number of benzene rings is 1. The Labute approximate surface area is 123 Å². The smallest absolute Gasteiger partial charge is 0.0948 e. The van der Waals surface area contributed by atoms with Crippen molar-refractivity contribution in [2.24, 2.45) is 5.73 Å². The van der Waals surface area contributed by atoms with Crippen LogP contribution in [0, 0.1) is 0 Å². The van der Waals surface area contributed by atoms with E-state index in [1.165, 1.54) is 0 Å². The highest BCUT2D eigenvalue weighted by atomic mass is 35.5. The molecule has 0 radical (unpaired) electrons. The van der Waals surface area contributed by atoms with Gasteiger partial charge in [0.15, 0.2) is 0 Å². The summed E-state index contributed by atoms with van der Waals surface area (Å²) in [6.45, 7) is 1.59. The molecule has 0 aliphatic heterocycles. The van der Waals surface area contributed by atoms with Crippen molar-refractivity contribution in [3.8, 4) is 0 Å². The first-order chi connectivity index (χ1) is 9.79. The number of imidazole rings is 1. The number of allylic oxidation sites excluding steroid dienone is 1. The van der Waals surface area contributed by atoms with Crippen LogP contribution in [0.5, 0.6) is 0 Å². The standard InChI is InChI=1S/C14H17ClN4O/c15-13-3-1-12(2-4-13)14(18-20-10-6-16)5-8-19-9-7-17-11-19/h1-5,7,9,11,18H,6,8,10,16H2. The summed E-state index contributed by atoms with van der Waals surface area (Å²) < 4.78 is 1.96. The fourth-order valence-corrected chi connectivity index (χ4v) is 1.75. The topological polar surface area (TPSA) is 65.1 Å². The number of aromatic nitrogens is 2. The summed E-state index contributed by atoms with van der Waals surface area (Å²) in [6, 6.07) is 7.54. The Morgan fingerprint density at radius 1 is 1.40 bits per heavy atom. The number of hydrogen-bond donors (Lipinski definition) is 2. The second-order valence-electron chi connectivity index (χ2n) is 4.12. The van der Waals surface area contributed by atoms with Gasteiger partial charge in [-0.1, -0.05) is 23.7 Å². The third-order valence-corrected chi connectivity index (χ3v) is 2.87. The predicted molar refractivity (Wildman–Crippen MR) is 79.8 cm³/mol. The van der Waals surface area contributed by atoms with Crippen LogP contribution >= 0.6 is 11.6 Å². The van der Waals surface area contributed by atoms with Gasteiger partial charge in [-0.15, -0.1) is 0 Å². The van der Waals surface area contributed by atoms with E-state index in [-0.39, 0.29) is 0 Å². The molecule has 0 unspecified atom stereocenters. The van der Waals surface area contributed by atoms with Gasteiger partial charge >= 0.3 is 0 Å². The molecule has 1 aromatic carbocycles. The molecule has 20 heavy (non-hydrogen) atoms. The first-order valence-electron chi connectivity index (χ1n) is 6.29. The highest BCUT2D eigenvalue weighted by Crippen LogP contribution is 2.16. The van der Waals surface area contributed by atoms with Crippen molar-refractivity contribution >= 4 is 17.3 Å². The fraction of sp³-hybridized carbons (Fsp3) is 0.214. The Balaban J connectivity index is 2.10. The van der Waals surface area contributed by atoms with E-state index in [4.69, 9.17) is 22.2 Å². The van der Waals surface area contributed by atoms with Crippen molar-refractivity contribution in [1.82, 2.24) is 15.0 Å². The first-order valence-corrected chi connectivity index (χ1v) is 6.67. The number of halogens is 1. The summed E-state index contributed by atoms with van der Waals surface area (Å²) in [5, 5.41) is 0.700. The number of hydroxylamine groups is 1. The van der Waals surface area contributed by atoms with Crippen LogP contribution in [0.2, 0.25) is 5.02 Å². The molecule has 0 fully saturated rings. The summed E-state index contributed by atoms with van der Waals surface area (Å²) in [5.41, 5.74) is 10.2. The lowest BCUT2D eigenvalue weighted by Crippen LogP contribution is -2.19. The van der Waals surface area contributed by atoms with Crippen LogP contribution < -0.4 is 11.2 Å². The van der Waals surface area contributed by atoms with E-state index >= 15 is 0 Å². The average molecular weight is 293 g/mol. The van der Waals surface area contributed by atoms with Gasteiger partial charge in [-0.3, -0.25) is 10.3 Å². The zero-order valence-electron chi connectivity index (χ0n) is 11.0. The van der Waals surface area contributed by atoms with Gasteiger partial charge in [0.05, 0.1) is 18.6 Å². The molecule has 0 atom stereocenters. The van der Waals surface area contributed by atoms with Gasteiger partial charge in [-0.2, -0.15) is 0 Å². The van der Waals surface area contributed by atoms with E-state index in [2.05, 4.69) is 10.5 Å². The molecule has 0 saturated heterocycles. The maximum absolute atomic E-state index is 5.90. The number of rotatable bonds is 7. The zero-order chi connectivity index (χ0) is 14.2. The van der Waals surface area contributed by atoms with E-state index in [9.17, 15) is 0 Å². The van der Waals surface area contributed by atoms with Crippen molar-refractivity contribution in [3.63, 3.8) is 0 Å². The monoisotopic (exact) mass is 292 g/mol. The molecular formula is C14H17ClN4O. The molecule has 2 rings (SSSR count). The highest BCUT2D eigenvalue weighted by molar-refractivity contribution is 6.30. The van der Waals surface area contributed by atoms with Crippen LogP contribution in [0.15, 0.2) is 49.1 Å². The van der Waals surface area contributed by atoms with Crippen LogP contribution in [-0.2, 0) is 11.4 Å². The van der Waals surface area contributed by atoms with Crippen LogP contribution in [-0.4, -0.2) is 22.7 Å². The third-order valence-electron chi connectivity index (χ3n) is 2.62. The minimum atomic E-state index is 0.440. The fourth-order valence-electron chi connectivity index (χ4n) is 1.63.